The highest BCUT2D eigenvalue weighted by Gasteiger charge is 2.30. The number of phosphoric ester groups is 2. The fourth-order valence-electron chi connectivity index (χ4n) is 11.3. The lowest BCUT2D eigenvalue weighted by Gasteiger charge is -2.21. The summed E-state index contributed by atoms with van der Waals surface area (Å²) in [4.78, 5) is 72.8. The molecule has 6 atom stereocenters. The van der Waals surface area contributed by atoms with Crippen LogP contribution in [0.15, 0.2) is 24.3 Å². The summed E-state index contributed by atoms with van der Waals surface area (Å²) in [5.74, 6) is -0.584. The molecule has 0 saturated carbocycles. The molecular weight excluding hydrogens is 1260 g/mol. The van der Waals surface area contributed by atoms with Gasteiger partial charge in [-0.05, 0) is 63.2 Å². The molecule has 0 rings (SSSR count). The number of carbonyl (C=O) groups is 4. The third-order valence-corrected chi connectivity index (χ3v) is 19.6. The zero-order valence-electron chi connectivity index (χ0n) is 62.2. The Bertz CT molecular complexity index is 1950. The summed E-state index contributed by atoms with van der Waals surface area (Å²) in [7, 11) is -9.92. The molecule has 566 valence electrons. The van der Waals surface area contributed by atoms with E-state index in [0.29, 0.717) is 25.7 Å². The van der Waals surface area contributed by atoms with Crippen molar-refractivity contribution >= 4 is 39.5 Å². The van der Waals surface area contributed by atoms with Gasteiger partial charge < -0.3 is 33.8 Å². The minimum Gasteiger partial charge on any atom is -0.462 e. The highest BCUT2D eigenvalue weighted by atomic mass is 31.2. The number of hydrogen-bond acceptors (Lipinski definition) is 15. The standard InChI is InChI=1S/C77H146O17P2/c1-7-10-12-14-16-18-20-22-23-27-31-35-42-48-54-60-75(80)87-65-72(93-76(81)61-55-49-43-36-32-28-25-24-26-29-33-39-45-51-57-69(4)5)67-91-95(83,84)89-63-71(78)64-90-96(85,86)92-68-73(94-77(82)62-56-50-44-38-37-40-46-52-58-70(6)9-3)66-88-74(79)59-53-47-41-34-30-21-19-17-15-13-11-8-2/h18,20,22-23,69-73,78H,7-17,19,21,24-68H2,1-6H3,(H,83,84)(H,85,86)/b20-18-,23-22-/t70?,71-,72-,73-/m1/s1. The van der Waals surface area contributed by atoms with E-state index in [-0.39, 0.29) is 25.7 Å². The Hall–Kier alpha value is -2.46. The zero-order chi connectivity index (χ0) is 70.7. The predicted molar refractivity (Wildman–Crippen MR) is 391 cm³/mol. The Morgan fingerprint density at radius 2 is 0.615 bits per heavy atom. The Kier molecular flexibility index (Phi) is 66.6. The van der Waals surface area contributed by atoms with Gasteiger partial charge in [0.2, 0.25) is 0 Å². The molecule has 0 heterocycles. The van der Waals surface area contributed by atoms with Crippen molar-refractivity contribution in [3.05, 3.63) is 24.3 Å². The van der Waals surface area contributed by atoms with E-state index in [1.165, 1.54) is 173 Å². The second-order valence-electron chi connectivity index (χ2n) is 27.8. The van der Waals surface area contributed by atoms with Crippen LogP contribution in [0.5, 0.6) is 0 Å². The predicted octanol–water partition coefficient (Wildman–Crippen LogP) is 22.3. The van der Waals surface area contributed by atoms with E-state index in [1.807, 2.05) is 0 Å². The molecule has 0 aromatic heterocycles. The number of rotatable bonds is 74. The Morgan fingerprint density at radius 3 is 0.938 bits per heavy atom. The highest BCUT2D eigenvalue weighted by Crippen LogP contribution is 2.45. The average molecular weight is 1410 g/mol. The van der Waals surface area contributed by atoms with Crippen LogP contribution in [0.25, 0.3) is 0 Å². The van der Waals surface area contributed by atoms with Crippen LogP contribution in [0.4, 0.5) is 0 Å². The highest BCUT2D eigenvalue weighted by molar-refractivity contribution is 7.47. The molecule has 0 aromatic carbocycles. The summed E-state index contributed by atoms with van der Waals surface area (Å²) in [5, 5.41) is 10.6. The van der Waals surface area contributed by atoms with Crippen LogP contribution in [0.1, 0.15) is 375 Å². The molecule has 0 radical (unpaired) electrons. The first-order valence-electron chi connectivity index (χ1n) is 39.3. The molecule has 0 aliphatic rings. The first-order chi connectivity index (χ1) is 46.4. The molecule has 96 heavy (non-hydrogen) atoms. The largest absolute Gasteiger partial charge is 0.472 e. The van der Waals surface area contributed by atoms with Gasteiger partial charge in [-0.25, -0.2) is 9.13 Å². The summed E-state index contributed by atoms with van der Waals surface area (Å²) in [5.41, 5.74) is 0. The van der Waals surface area contributed by atoms with Gasteiger partial charge in [0.25, 0.3) is 0 Å². The monoisotopic (exact) mass is 1410 g/mol. The van der Waals surface area contributed by atoms with E-state index in [9.17, 15) is 43.2 Å². The first-order valence-corrected chi connectivity index (χ1v) is 42.3. The SMILES string of the molecule is CCCCCC/C=C\C=C/CCCCCCCC(=O)OC[C@H](COP(=O)(O)OC[C@@H](O)COP(=O)(O)OC[C@@H](COC(=O)CCCCCCCCCCCCCC)OC(=O)CCCCCCCCCCC(C)CC)OC(=O)CCCCCCCCCCCCCCCCC(C)C. The normalized spacial score (nSPS) is 14.4. The molecule has 17 nitrogen and oxygen atoms in total. The summed E-state index contributed by atoms with van der Waals surface area (Å²) >= 11 is 0. The van der Waals surface area contributed by atoms with Crippen molar-refractivity contribution in [2.45, 2.75) is 394 Å². The van der Waals surface area contributed by atoms with Crippen molar-refractivity contribution in [1.82, 2.24) is 0 Å². The number of allylic oxidation sites excluding steroid dienone is 4. The zero-order valence-corrected chi connectivity index (χ0v) is 63.9. The van der Waals surface area contributed by atoms with Gasteiger partial charge in [-0.2, -0.15) is 0 Å². The summed E-state index contributed by atoms with van der Waals surface area (Å²) < 4.78 is 68.5. The molecule has 19 heteroatoms. The molecule has 0 saturated heterocycles. The second kappa shape index (κ2) is 68.3. The number of aliphatic hydroxyl groups is 1. The van der Waals surface area contributed by atoms with Crippen LogP contribution in [0.3, 0.4) is 0 Å². The van der Waals surface area contributed by atoms with Crippen molar-refractivity contribution in [3.8, 4) is 0 Å². The fourth-order valence-corrected chi connectivity index (χ4v) is 12.8. The number of aliphatic hydroxyl groups excluding tert-OH is 1. The van der Waals surface area contributed by atoms with E-state index in [0.717, 1.165) is 121 Å². The Labute approximate surface area is 586 Å². The maximum atomic E-state index is 13.1. The van der Waals surface area contributed by atoms with Gasteiger partial charge in [-0.1, -0.05) is 323 Å². The topological polar surface area (TPSA) is 237 Å². The third-order valence-electron chi connectivity index (χ3n) is 17.7. The second-order valence-corrected chi connectivity index (χ2v) is 30.7. The van der Waals surface area contributed by atoms with Gasteiger partial charge in [-0.15, -0.1) is 0 Å². The molecule has 3 unspecified atom stereocenters. The minimum atomic E-state index is -4.97. The average Bonchev–Trinajstić information content (AvgIpc) is 1.32. The van der Waals surface area contributed by atoms with Crippen molar-refractivity contribution in [1.29, 1.82) is 0 Å². The van der Waals surface area contributed by atoms with Crippen LogP contribution in [-0.4, -0.2) is 96.7 Å². The molecule has 0 aliphatic carbocycles. The summed E-state index contributed by atoms with van der Waals surface area (Å²) in [6, 6.07) is 0. The number of carbonyl (C=O) groups excluding carboxylic acids is 4. The summed E-state index contributed by atoms with van der Waals surface area (Å²) in [6.45, 7) is 9.55. The van der Waals surface area contributed by atoms with Crippen molar-refractivity contribution in [3.63, 3.8) is 0 Å². The van der Waals surface area contributed by atoms with Crippen LogP contribution in [0, 0.1) is 11.8 Å². The number of esters is 4. The number of hydrogen-bond donors (Lipinski definition) is 3. The van der Waals surface area contributed by atoms with Crippen LogP contribution in [-0.2, 0) is 65.4 Å². The molecule has 0 spiro atoms. The Morgan fingerprint density at radius 1 is 0.344 bits per heavy atom. The van der Waals surface area contributed by atoms with E-state index in [2.05, 4.69) is 65.8 Å². The number of phosphoric acid groups is 2. The smallest absolute Gasteiger partial charge is 0.462 e. The fraction of sp³-hybridized carbons (Fsp3) is 0.896. The van der Waals surface area contributed by atoms with Gasteiger partial charge in [0.15, 0.2) is 12.2 Å². The lowest BCUT2D eigenvalue weighted by Crippen LogP contribution is -2.30. The van der Waals surface area contributed by atoms with Crippen molar-refractivity contribution in [2.24, 2.45) is 11.8 Å². The van der Waals surface area contributed by atoms with Crippen LogP contribution < -0.4 is 0 Å². The van der Waals surface area contributed by atoms with Crippen LogP contribution >= 0.6 is 15.6 Å². The van der Waals surface area contributed by atoms with E-state index < -0.39 is 97.5 Å². The molecule has 3 N–H and O–H groups in total. The molecular formula is C77H146O17P2. The lowest BCUT2D eigenvalue weighted by atomic mass is 9.99. The molecule has 0 aromatic rings. The van der Waals surface area contributed by atoms with E-state index in [4.69, 9.17) is 37.0 Å². The maximum absolute atomic E-state index is 13.1. The van der Waals surface area contributed by atoms with Gasteiger partial charge in [0.05, 0.1) is 26.4 Å². The quantitative estimate of drug-likeness (QED) is 0.0169. The number of ether oxygens (including phenoxy) is 4. The molecule has 0 aliphatic heterocycles. The summed E-state index contributed by atoms with van der Waals surface area (Å²) in [6.07, 6.45) is 58.9. The van der Waals surface area contributed by atoms with E-state index in [1.54, 1.807) is 0 Å². The molecule has 0 amide bonds. The Balaban J connectivity index is 5.30. The minimum absolute atomic E-state index is 0.101. The molecule has 0 fully saturated rings. The van der Waals surface area contributed by atoms with E-state index >= 15 is 0 Å². The van der Waals surface area contributed by atoms with Gasteiger partial charge in [0, 0.05) is 25.7 Å². The van der Waals surface area contributed by atoms with Gasteiger partial charge >= 0.3 is 39.5 Å². The van der Waals surface area contributed by atoms with Crippen LogP contribution in [0.2, 0.25) is 0 Å². The van der Waals surface area contributed by atoms with Crippen molar-refractivity contribution in [2.75, 3.05) is 39.6 Å². The van der Waals surface area contributed by atoms with Gasteiger partial charge in [-0.3, -0.25) is 37.3 Å². The van der Waals surface area contributed by atoms with Gasteiger partial charge in [0.1, 0.15) is 19.3 Å². The maximum Gasteiger partial charge on any atom is 0.472 e. The number of unbranched alkanes of at least 4 members (excludes halogenated alkanes) is 40. The third kappa shape index (κ3) is 68.7. The molecule has 0 bridgehead atoms. The lowest BCUT2D eigenvalue weighted by molar-refractivity contribution is -0.161. The van der Waals surface area contributed by atoms with Crippen molar-refractivity contribution < 1.29 is 80.2 Å². The first kappa shape index (κ1) is 93.5.